The van der Waals surface area contributed by atoms with Gasteiger partial charge in [-0.25, -0.2) is 4.98 Å². The number of nitrogens with one attached hydrogen (secondary N) is 1. The van der Waals surface area contributed by atoms with E-state index in [1.165, 1.54) is 11.8 Å². The number of anilines is 1. The van der Waals surface area contributed by atoms with E-state index in [1.54, 1.807) is 24.4 Å². The van der Waals surface area contributed by atoms with Gasteiger partial charge in [-0.2, -0.15) is 9.78 Å². The number of carbonyl (C=O) groups is 1. The van der Waals surface area contributed by atoms with Crippen LogP contribution < -0.4 is 20.3 Å². The van der Waals surface area contributed by atoms with E-state index in [1.807, 2.05) is 63.2 Å². The summed E-state index contributed by atoms with van der Waals surface area (Å²) < 4.78 is 13.6. The number of methoxy groups -OCH3 is 1. The van der Waals surface area contributed by atoms with E-state index in [9.17, 15) is 9.59 Å². The van der Waals surface area contributed by atoms with Gasteiger partial charge in [0.05, 0.1) is 24.2 Å². The van der Waals surface area contributed by atoms with Crippen LogP contribution >= 0.6 is 15.9 Å². The van der Waals surface area contributed by atoms with Gasteiger partial charge in [-0.15, -0.1) is 6.58 Å². The molecule has 206 valence electrons. The highest BCUT2D eigenvalue weighted by Crippen LogP contribution is 2.33. The number of halogens is 1. The van der Waals surface area contributed by atoms with Gasteiger partial charge >= 0.3 is 0 Å². The number of aryl methyl sites for hydroxylation is 1. The number of nitrogens with zero attached hydrogens (tertiary/aromatic N) is 3. The Labute approximate surface area is 241 Å². The van der Waals surface area contributed by atoms with Crippen LogP contribution in [0.3, 0.4) is 0 Å². The van der Waals surface area contributed by atoms with Crippen molar-refractivity contribution in [3.8, 4) is 11.5 Å². The average Bonchev–Trinajstić information content (AvgIpc) is 2.93. The summed E-state index contributed by atoms with van der Waals surface area (Å²) in [4.78, 5) is 30.6. The highest BCUT2D eigenvalue weighted by atomic mass is 79.9. The van der Waals surface area contributed by atoms with Gasteiger partial charge in [0.25, 0.3) is 11.5 Å². The summed E-state index contributed by atoms with van der Waals surface area (Å²) in [6.45, 7) is 9.55. The van der Waals surface area contributed by atoms with E-state index in [0.717, 1.165) is 15.6 Å². The quantitative estimate of drug-likeness (QED) is 0.171. The first kappa shape index (κ1) is 28.8. The van der Waals surface area contributed by atoms with Crippen LogP contribution in [0.5, 0.6) is 11.5 Å². The summed E-state index contributed by atoms with van der Waals surface area (Å²) in [5, 5.41) is 7.82. The van der Waals surface area contributed by atoms with Crippen LogP contribution in [0, 0.1) is 6.92 Å². The van der Waals surface area contributed by atoms with Crippen molar-refractivity contribution in [1.82, 2.24) is 9.66 Å². The standard InChI is InChI=1S/C31H31BrN4O4/c1-6-7-22-14-21(15-27(39-5)29(22)40-18-28(37)34-24-11-8-20(4)9-12-24)17-33-36-30(19(2)3)35-26-13-10-23(32)16-25(26)31(36)38/h6,8-17,19H,1,7,18H2,2-5H3,(H,34,37). The molecule has 40 heavy (non-hydrogen) atoms. The zero-order chi connectivity index (χ0) is 28.8. The maximum atomic E-state index is 13.4. The zero-order valence-electron chi connectivity index (χ0n) is 22.9. The van der Waals surface area contributed by atoms with Crippen molar-refractivity contribution >= 4 is 44.6 Å². The van der Waals surface area contributed by atoms with Crippen molar-refractivity contribution in [2.45, 2.75) is 33.1 Å². The molecule has 0 saturated carbocycles. The van der Waals surface area contributed by atoms with Gasteiger partial charge in [0.15, 0.2) is 18.1 Å². The predicted molar refractivity (Wildman–Crippen MR) is 163 cm³/mol. The third-order valence-electron chi connectivity index (χ3n) is 6.09. The minimum Gasteiger partial charge on any atom is -0.493 e. The summed E-state index contributed by atoms with van der Waals surface area (Å²) in [5.74, 6) is 1.09. The first-order valence-electron chi connectivity index (χ1n) is 12.8. The van der Waals surface area contributed by atoms with Crippen molar-refractivity contribution in [3.63, 3.8) is 0 Å². The molecule has 1 N–H and O–H groups in total. The van der Waals surface area contributed by atoms with Gasteiger partial charge in [-0.3, -0.25) is 9.59 Å². The van der Waals surface area contributed by atoms with E-state index >= 15 is 0 Å². The molecule has 0 radical (unpaired) electrons. The number of ether oxygens (including phenoxy) is 2. The lowest BCUT2D eigenvalue weighted by molar-refractivity contribution is -0.118. The molecule has 0 bridgehead atoms. The van der Waals surface area contributed by atoms with Gasteiger partial charge in [-0.05, 0) is 61.4 Å². The number of benzene rings is 3. The van der Waals surface area contributed by atoms with Crippen molar-refractivity contribution in [3.05, 3.63) is 105 Å². The van der Waals surface area contributed by atoms with Gasteiger partial charge in [0.1, 0.15) is 5.82 Å². The largest absolute Gasteiger partial charge is 0.493 e. The Hall–Kier alpha value is -4.24. The smallest absolute Gasteiger partial charge is 0.282 e. The van der Waals surface area contributed by atoms with Gasteiger partial charge in [-0.1, -0.05) is 53.5 Å². The van der Waals surface area contributed by atoms with Crippen molar-refractivity contribution in [2.24, 2.45) is 5.10 Å². The van der Waals surface area contributed by atoms with Crippen LogP contribution in [0.1, 0.15) is 42.3 Å². The second kappa shape index (κ2) is 12.7. The predicted octanol–water partition coefficient (Wildman–Crippen LogP) is 6.23. The molecule has 0 aliphatic carbocycles. The molecule has 0 saturated heterocycles. The van der Waals surface area contributed by atoms with E-state index in [0.29, 0.717) is 45.9 Å². The molecular weight excluding hydrogens is 572 g/mol. The number of hydrogen-bond donors (Lipinski definition) is 1. The second-order valence-corrected chi connectivity index (χ2v) is 10.5. The Morgan fingerprint density at radius 3 is 2.60 bits per heavy atom. The van der Waals surface area contributed by atoms with Crippen molar-refractivity contribution in [2.75, 3.05) is 19.0 Å². The first-order valence-corrected chi connectivity index (χ1v) is 13.6. The summed E-state index contributed by atoms with van der Waals surface area (Å²) >= 11 is 3.43. The molecule has 0 aliphatic heterocycles. The molecule has 0 spiro atoms. The van der Waals surface area contributed by atoms with Crippen molar-refractivity contribution < 1.29 is 14.3 Å². The Morgan fingerprint density at radius 2 is 1.93 bits per heavy atom. The molecule has 3 aromatic carbocycles. The molecule has 0 atom stereocenters. The fourth-order valence-electron chi connectivity index (χ4n) is 4.13. The van der Waals surface area contributed by atoms with Crippen LogP contribution in [0.2, 0.25) is 0 Å². The molecule has 4 rings (SSSR count). The number of rotatable bonds is 10. The summed E-state index contributed by atoms with van der Waals surface area (Å²) in [5.41, 5.74) is 3.59. The molecule has 1 aromatic heterocycles. The maximum Gasteiger partial charge on any atom is 0.282 e. The van der Waals surface area contributed by atoms with Crippen LogP contribution in [-0.4, -0.2) is 35.5 Å². The van der Waals surface area contributed by atoms with Gasteiger partial charge in [0, 0.05) is 21.6 Å². The number of amides is 1. The molecule has 4 aromatic rings. The lowest BCUT2D eigenvalue weighted by Crippen LogP contribution is -2.23. The summed E-state index contributed by atoms with van der Waals surface area (Å²) in [6.07, 6.45) is 3.79. The SMILES string of the molecule is C=CCc1cc(C=Nn2c(C(C)C)nc3ccc(Br)cc3c2=O)cc(OC)c1OCC(=O)Nc1ccc(C)cc1. The van der Waals surface area contributed by atoms with Gasteiger partial charge in [0.2, 0.25) is 0 Å². The Bertz CT molecular complexity index is 1640. The maximum absolute atomic E-state index is 13.4. The molecule has 0 aliphatic rings. The van der Waals surface area contributed by atoms with E-state index in [4.69, 9.17) is 14.5 Å². The molecule has 0 fully saturated rings. The van der Waals surface area contributed by atoms with Crippen LogP contribution in [0.15, 0.2) is 81.6 Å². The zero-order valence-corrected chi connectivity index (χ0v) is 24.5. The minimum atomic E-state index is -0.294. The third kappa shape index (κ3) is 6.66. The monoisotopic (exact) mass is 602 g/mol. The fraction of sp³-hybridized carbons (Fsp3) is 0.226. The first-order chi connectivity index (χ1) is 19.2. The molecule has 9 heteroatoms. The van der Waals surface area contributed by atoms with Crippen molar-refractivity contribution in [1.29, 1.82) is 0 Å². The number of carbonyl (C=O) groups excluding carboxylic acids is 1. The molecular formula is C31H31BrN4O4. The molecule has 1 heterocycles. The number of allylic oxidation sites excluding steroid dienone is 1. The molecule has 0 unspecified atom stereocenters. The highest BCUT2D eigenvalue weighted by Gasteiger charge is 2.16. The van der Waals surface area contributed by atoms with E-state index in [2.05, 4.69) is 32.9 Å². The second-order valence-electron chi connectivity index (χ2n) is 9.55. The fourth-order valence-corrected chi connectivity index (χ4v) is 4.49. The molecule has 1 amide bonds. The average molecular weight is 604 g/mol. The lowest BCUT2D eigenvalue weighted by atomic mass is 10.1. The van der Waals surface area contributed by atoms with E-state index < -0.39 is 0 Å². The topological polar surface area (TPSA) is 94.8 Å². The van der Waals surface area contributed by atoms with Gasteiger partial charge < -0.3 is 14.8 Å². The minimum absolute atomic E-state index is 0.0365. The summed E-state index contributed by atoms with van der Waals surface area (Å²) in [6, 6.07) is 16.5. The van der Waals surface area contributed by atoms with Crippen LogP contribution in [0.25, 0.3) is 10.9 Å². The summed E-state index contributed by atoms with van der Waals surface area (Å²) in [7, 11) is 1.53. The van der Waals surface area contributed by atoms with Crippen LogP contribution in [0.4, 0.5) is 5.69 Å². The highest BCUT2D eigenvalue weighted by molar-refractivity contribution is 9.10. The Morgan fingerprint density at radius 1 is 1.18 bits per heavy atom. The third-order valence-corrected chi connectivity index (χ3v) is 6.59. The normalized spacial score (nSPS) is 11.2. The lowest BCUT2D eigenvalue weighted by Gasteiger charge is -2.16. The van der Waals surface area contributed by atoms with Crippen LogP contribution in [-0.2, 0) is 11.2 Å². The number of aromatic nitrogens is 2. The number of hydrogen-bond acceptors (Lipinski definition) is 6. The Kier molecular flexibility index (Phi) is 9.16. The van der Waals surface area contributed by atoms with E-state index in [-0.39, 0.29) is 24.0 Å². The Balaban J connectivity index is 1.64. The molecule has 8 nitrogen and oxygen atoms in total. The number of fused-ring (bicyclic) bond motifs is 1.